The van der Waals surface area contributed by atoms with E-state index in [9.17, 15) is 13.2 Å². The summed E-state index contributed by atoms with van der Waals surface area (Å²) >= 11 is 0. The van der Waals surface area contributed by atoms with Crippen molar-refractivity contribution >= 4 is 0 Å². The summed E-state index contributed by atoms with van der Waals surface area (Å²) < 4.78 is 39.8. The van der Waals surface area contributed by atoms with Crippen LogP contribution in [-0.2, 0) is 26.2 Å². The van der Waals surface area contributed by atoms with E-state index in [2.05, 4.69) is 15.5 Å². The first-order chi connectivity index (χ1) is 9.49. The van der Waals surface area contributed by atoms with Gasteiger partial charge in [-0.3, -0.25) is 9.36 Å². The van der Waals surface area contributed by atoms with Crippen LogP contribution in [0.25, 0.3) is 0 Å². The molecule has 20 heavy (non-hydrogen) atoms. The first-order valence-corrected chi connectivity index (χ1v) is 6.28. The third-order valence-electron chi connectivity index (χ3n) is 2.85. The minimum absolute atomic E-state index is 0.324. The number of hydrogen-bond acceptors (Lipinski definition) is 3. The summed E-state index contributed by atoms with van der Waals surface area (Å²) in [5.41, 5.74) is 1.50. The Morgan fingerprint density at radius 3 is 2.15 bits per heavy atom. The number of aryl methyl sites for hydroxylation is 1. The molecule has 2 heterocycles. The Bertz CT molecular complexity index is 543. The van der Waals surface area contributed by atoms with Crippen LogP contribution in [0.2, 0.25) is 0 Å². The second kappa shape index (κ2) is 6.08. The van der Waals surface area contributed by atoms with Gasteiger partial charge in [-0.15, -0.1) is 0 Å². The highest BCUT2D eigenvalue weighted by atomic mass is 19.4. The first kappa shape index (κ1) is 14.6. The van der Waals surface area contributed by atoms with E-state index >= 15 is 0 Å². The van der Waals surface area contributed by atoms with Gasteiger partial charge >= 0.3 is 6.18 Å². The summed E-state index contributed by atoms with van der Waals surface area (Å²) in [5, 5.41) is 10.9. The van der Waals surface area contributed by atoms with Gasteiger partial charge in [-0.05, 0) is 19.1 Å². The molecule has 2 aromatic heterocycles. The largest absolute Gasteiger partial charge is 0.408 e. The number of halogens is 3. The van der Waals surface area contributed by atoms with Crippen LogP contribution < -0.4 is 5.32 Å². The number of nitrogens with one attached hydrogen (secondary N) is 1. The Hall–Kier alpha value is -1.83. The van der Waals surface area contributed by atoms with Crippen LogP contribution in [0.1, 0.15) is 18.3 Å². The van der Waals surface area contributed by atoms with Gasteiger partial charge in [0.25, 0.3) is 0 Å². The monoisotopic (exact) mass is 287 g/mol. The molecule has 0 saturated heterocycles. The highest BCUT2D eigenvalue weighted by Crippen LogP contribution is 2.18. The topological polar surface area (TPSA) is 47.7 Å². The molecule has 0 unspecified atom stereocenters. The zero-order valence-corrected chi connectivity index (χ0v) is 11.1. The average Bonchev–Trinajstić information content (AvgIpc) is 2.97. The standard InChI is InChI=1S/C12H16F3N5/c1-2-19-10(3-5-17-19)7-16-8-11-4-6-18-20(11)9-12(13,14)15/h3-6,16H,2,7-9H2,1H3. The summed E-state index contributed by atoms with van der Waals surface area (Å²) in [6, 6.07) is 3.46. The molecule has 110 valence electrons. The predicted octanol–water partition coefficient (Wildman–Crippen LogP) is 1.95. The molecule has 0 aliphatic carbocycles. The molecule has 0 saturated carbocycles. The van der Waals surface area contributed by atoms with Crippen molar-refractivity contribution in [3.63, 3.8) is 0 Å². The van der Waals surface area contributed by atoms with Gasteiger partial charge in [-0.25, -0.2) is 0 Å². The van der Waals surface area contributed by atoms with Crippen molar-refractivity contribution < 1.29 is 13.2 Å². The zero-order chi connectivity index (χ0) is 14.6. The van der Waals surface area contributed by atoms with Crippen molar-refractivity contribution in [2.45, 2.75) is 39.3 Å². The fraction of sp³-hybridized carbons (Fsp3) is 0.500. The van der Waals surface area contributed by atoms with E-state index in [-0.39, 0.29) is 0 Å². The Balaban J connectivity index is 1.90. The molecular formula is C12H16F3N5. The van der Waals surface area contributed by atoms with E-state index < -0.39 is 12.7 Å². The summed E-state index contributed by atoms with van der Waals surface area (Å²) in [5.74, 6) is 0. The molecule has 1 N–H and O–H groups in total. The van der Waals surface area contributed by atoms with E-state index in [1.165, 1.54) is 6.20 Å². The quantitative estimate of drug-likeness (QED) is 0.883. The first-order valence-electron chi connectivity index (χ1n) is 6.28. The van der Waals surface area contributed by atoms with Crippen molar-refractivity contribution in [3.8, 4) is 0 Å². The van der Waals surface area contributed by atoms with Crippen LogP contribution in [0.5, 0.6) is 0 Å². The number of nitrogens with zero attached hydrogens (tertiary/aromatic N) is 4. The van der Waals surface area contributed by atoms with Gasteiger partial charge in [-0.1, -0.05) is 0 Å². The Kier molecular flexibility index (Phi) is 4.43. The van der Waals surface area contributed by atoms with E-state index in [1.54, 1.807) is 12.3 Å². The third-order valence-corrected chi connectivity index (χ3v) is 2.85. The maximum Gasteiger partial charge on any atom is 0.408 e. The fourth-order valence-corrected chi connectivity index (χ4v) is 1.94. The normalized spacial score (nSPS) is 12.0. The molecule has 0 atom stereocenters. The van der Waals surface area contributed by atoms with Crippen LogP contribution in [0.4, 0.5) is 13.2 Å². The van der Waals surface area contributed by atoms with Gasteiger partial charge in [0, 0.05) is 32.0 Å². The summed E-state index contributed by atoms with van der Waals surface area (Å²) in [6.07, 6.45) is -1.19. The molecular weight excluding hydrogens is 271 g/mol. The van der Waals surface area contributed by atoms with Gasteiger partial charge in [0.2, 0.25) is 0 Å². The molecule has 0 radical (unpaired) electrons. The highest BCUT2D eigenvalue weighted by molar-refractivity contribution is 5.03. The number of rotatable bonds is 6. The van der Waals surface area contributed by atoms with Crippen molar-refractivity contribution in [2.75, 3.05) is 0 Å². The lowest BCUT2D eigenvalue weighted by molar-refractivity contribution is -0.143. The predicted molar refractivity (Wildman–Crippen MR) is 66.7 cm³/mol. The second-order valence-corrected chi connectivity index (χ2v) is 4.34. The molecule has 0 aliphatic heterocycles. The van der Waals surface area contributed by atoms with Gasteiger partial charge in [0.15, 0.2) is 0 Å². The Morgan fingerprint density at radius 2 is 1.60 bits per heavy atom. The second-order valence-electron chi connectivity index (χ2n) is 4.34. The number of aromatic nitrogens is 4. The van der Waals surface area contributed by atoms with Gasteiger partial charge in [0.05, 0.1) is 11.4 Å². The molecule has 5 nitrogen and oxygen atoms in total. The average molecular weight is 287 g/mol. The molecule has 0 aromatic carbocycles. The Morgan fingerprint density at radius 1 is 1.05 bits per heavy atom. The summed E-state index contributed by atoms with van der Waals surface area (Å²) in [7, 11) is 0. The summed E-state index contributed by atoms with van der Waals surface area (Å²) in [6.45, 7) is 2.55. The lowest BCUT2D eigenvalue weighted by Gasteiger charge is -2.11. The molecule has 2 rings (SSSR count). The van der Waals surface area contributed by atoms with E-state index in [4.69, 9.17) is 0 Å². The molecule has 8 heteroatoms. The SMILES string of the molecule is CCn1nccc1CNCc1ccnn1CC(F)(F)F. The molecule has 0 fully saturated rings. The molecule has 2 aromatic rings. The van der Waals surface area contributed by atoms with Crippen LogP contribution in [0.15, 0.2) is 24.5 Å². The zero-order valence-electron chi connectivity index (χ0n) is 11.1. The van der Waals surface area contributed by atoms with Crippen LogP contribution in [0, 0.1) is 0 Å². The lowest BCUT2D eigenvalue weighted by Crippen LogP contribution is -2.23. The van der Waals surface area contributed by atoms with Crippen molar-refractivity contribution in [2.24, 2.45) is 0 Å². The minimum Gasteiger partial charge on any atom is -0.306 e. The van der Waals surface area contributed by atoms with E-state index in [1.807, 2.05) is 17.7 Å². The van der Waals surface area contributed by atoms with Crippen LogP contribution in [-0.4, -0.2) is 25.7 Å². The molecule has 0 amide bonds. The van der Waals surface area contributed by atoms with Crippen molar-refractivity contribution in [1.82, 2.24) is 24.9 Å². The molecule has 0 spiro atoms. The highest BCUT2D eigenvalue weighted by Gasteiger charge is 2.29. The van der Waals surface area contributed by atoms with Gasteiger partial charge in [-0.2, -0.15) is 23.4 Å². The minimum atomic E-state index is -4.26. The number of alkyl halides is 3. The van der Waals surface area contributed by atoms with Gasteiger partial charge < -0.3 is 5.32 Å². The third kappa shape index (κ3) is 3.83. The lowest BCUT2D eigenvalue weighted by atomic mass is 10.3. The smallest absolute Gasteiger partial charge is 0.306 e. The van der Waals surface area contributed by atoms with E-state index in [0.717, 1.165) is 16.9 Å². The van der Waals surface area contributed by atoms with Gasteiger partial charge in [0.1, 0.15) is 6.54 Å². The maximum absolute atomic E-state index is 12.4. The summed E-state index contributed by atoms with van der Waals surface area (Å²) in [4.78, 5) is 0. The van der Waals surface area contributed by atoms with Crippen LogP contribution >= 0.6 is 0 Å². The molecule has 0 aliphatic rings. The maximum atomic E-state index is 12.4. The van der Waals surface area contributed by atoms with Crippen LogP contribution in [0.3, 0.4) is 0 Å². The number of hydrogen-bond donors (Lipinski definition) is 1. The Labute approximate surface area is 114 Å². The van der Waals surface area contributed by atoms with E-state index in [0.29, 0.717) is 18.8 Å². The molecule has 0 bridgehead atoms. The van der Waals surface area contributed by atoms with Crippen molar-refractivity contribution in [3.05, 3.63) is 35.9 Å². The fourth-order valence-electron chi connectivity index (χ4n) is 1.94. The van der Waals surface area contributed by atoms with Crippen molar-refractivity contribution in [1.29, 1.82) is 0 Å².